The van der Waals surface area contributed by atoms with Crippen molar-refractivity contribution < 1.29 is 47.1 Å². The largest absolute Gasteiger partial charge is 0.472 e. The van der Waals surface area contributed by atoms with Crippen molar-refractivity contribution in [1.29, 1.82) is 0 Å². The zero-order valence-corrected chi connectivity index (χ0v) is 36.5. The number of rotatable bonds is 36. The summed E-state index contributed by atoms with van der Waals surface area (Å²) in [5.74, 6) is 1.18. The summed E-state index contributed by atoms with van der Waals surface area (Å²) in [4.78, 5) is 35.0. The van der Waals surface area contributed by atoms with Gasteiger partial charge in [-0.15, -0.1) is 0 Å². The molecule has 326 valence electrons. The molecule has 0 bridgehead atoms. The Morgan fingerprint density at radius 1 is 0.737 bits per heavy atom. The Kier molecular flexibility index (Phi) is 31.3. The number of allylic oxidation sites excluding steroid dienone is 7. The lowest BCUT2D eigenvalue weighted by atomic mass is 10.0. The zero-order chi connectivity index (χ0) is 42.0. The Labute approximate surface area is 344 Å². The van der Waals surface area contributed by atoms with Gasteiger partial charge in [0.2, 0.25) is 0 Å². The van der Waals surface area contributed by atoms with Crippen LogP contribution >= 0.6 is 7.82 Å². The lowest BCUT2D eigenvalue weighted by Crippen LogP contribution is -2.29. The summed E-state index contributed by atoms with van der Waals surface area (Å²) in [6.45, 7) is 7.69. The van der Waals surface area contributed by atoms with Gasteiger partial charge in [0.1, 0.15) is 18.1 Å². The number of phosphoric ester groups is 1. The second-order valence-electron chi connectivity index (χ2n) is 14.6. The van der Waals surface area contributed by atoms with Crippen LogP contribution in [0.3, 0.4) is 0 Å². The van der Waals surface area contributed by atoms with Crippen molar-refractivity contribution in [2.75, 3.05) is 26.4 Å². The molecule has 1 aromatic rings. The van der Waals surface area contributed by atoms with Gasteiger partial charge < -0.3 is 29.6 Å². The first-order valence-electron chi connectivity index (χ1n) is 21.6. The molecule has 0 fully saturated rings. The smallest absolute Gasteiger partial charge is 0.466 e. The molecule has 0 saturated carbocycles. The third-order valence-electron chi connectivity index (χ3n) is 9.52. The minimum absolute atomic E-state index is 0.0175. The molecule has 0 radical (unpaired) electrons. The van der Waals surface area contributed by atoms with Crippen LogP contribution < -0.4 is 5.73 Å². The molecular formula is C45H76NO10P. The van der Waals surface area contributed by atoms with E-state index in [-0.39, 0.29) is 32.6 Å². The van der Waals surface area contributed by atoms with Gasteiger partial charge in [0, 0.05) is 32.2 Å². The van der Waals surface area contributed by atoms with Crippen molar-refractivity contribution in [2.24, 2.45) is 5.73 Å². The van der Waals surface area contributed by atoms with Crippen molar-refractivity contribution in [1.82, 2.24) is 0 Å². The number of aliphatic hydroxyl groups is 1. The van der Waals surface area contributed by atoms with E-state index in [0.717, 1.165) is 82.1 Å². The lowest BCUT2D eigenvalue weighted by molar-refractivity contribution is -0.161. The number of unbranched alkanes of at least 4 members (excludes halogenated alkanes) is 10. The molecule has 12 heteroatoms. The Balaban J connectivity index is 2.38. The maximum absolute atomic E-state index is 12.7. The number of carbonyl (C=O) groups excluding carboxylic acids is 2. The summed E-state index contributed by atoms with van der Waals surface area (Å²) < 4.78 is 38.9. The number of ether oxygens (including phenoxy) is 2. The third-order valence-corrected chi connectivity index (χ3v) is 10.5. The summed E-state index contributed by atoms with van der Waals surface area (Å²) in [5.41, 5.74) is 7.91. The van der Waals surface area contributed by atoms with Gasteiger partial charge in [0.25, 0.3) is 0 Å². The molecule has 0 spiro atoms. The number of carbonyl (C=O) groups is 2. The van der Waals surface area contributed by atoms with Gasteiger partial charge in [0.15, 0.2) is 6.10 Å². The highest BCUT2D eigenvalue weighted by Crippen LogP contribution is 2.43. The quantitative estimate of drug-likeness (QED) is 0.0194. The van der Waals surface area contributed by atoms with Crippen LogP contribution in [0, 0.1) is 13.8 Å². The summed E-state index contributed by atoms with van der Waals surface area (Å²) in [6, 6.07) is 0. The zero-order valence-electron chi connectivity index (χ0n) is 35.6. The molecule has 0 saturated heterocycles. The number of nitrogens with two attached hydrogens (primary N) is 1. The summed E-state index contributed by atoms with van der Waals surface area (Å²) in [6.07, 6.45) is 33.0. The van der Waals surface area contributed by atoms with Gasteiger partial charge in [-0.2, -0.15) is 0 Å². The minimum atomic E-state index is -4.44. The van der Waals surface area contributed by atoms with Crippen LogP contribution in [-0.2, 0) is 45.5 Å². The molecule has 57 heavy (non-hydrogen) atoms. The van der Waals surface area contributed by atoms with Crippen LogP contribution in [0.5, 0.6) is 0 Å². The number of aliphatic hydroxyl groups excluding tert-OH is 1. The molecule has 1 unspecified atom stereocenters. The van der Waals surface area contributed by atoms with Crippen molar-refractivity contribution in [2.45, 2.75) is 175 Å². The molecule has 0 aliphatic rings. The van der Waals surface area contributed by atoms with Crippen LogP contribution in [0.1, 0.15) is 158 Å². The highest BCUT2D eigenvalue weighted by atomic mass is 31.2. The van der Waals surface area contributed by atoms with Crippen LogP contribution in [0.4, 0.5) is 0 Å². The molecule has 4 N–H and O–H groups in total. The van der Waals surface area contributed by atoms with Crippen LogP contribution in [0.15, 0.2) is 53.0 Å². The number of aryl methyl sites for hydroxylation is 2. The number of hydrogen-bond acceptors (Lipinski definition) is 10. The molecule has 1 aromatic heterocycles. The Morgan fingerprint density at radius 2 is 1.33 bits per heavy atom. The van der Waals surface area contributed by atoms with Crippen LogP contribution in [0.2, 0.25) is 0 Å². The van der Waals surface area contributed by atoms with E-state index in [4.69, 9.17) is 28.7 Å². The van der Waals surface area contributed by atoms with E-state index in [1.54, 1.807) is 12.2 Å². The standard InChI is InChI=1S/C45H76NO10P/c1-5-7-9-10-11-12-13-14-15-16-17-20-24-28-40(47)29-27-33-44(48)52-36-41(37-54-57(50,51)53-35-34-46)55-45(49)32-26-22-19-18-21-25-31-43-39(4)38(3)42(56-43)30-23-8-6-2/h11-12,14-15,17,20,24,28,40-41,47H,5-10,13,16,18-19,21-23,25-27,29-37,46H2,1-4H3,(H,50,51)/b12-11-,15-14-,20-17-,28-24+/t40-,41-/m1/s1. The molecule has 0 aliphatic carbocycles. The molecule has 3 atom stereocenters. The first-order chi connectivity index (χ1) is 27.5. The maximum atomic E-state index is 12.7. The normalized spacial score (nSPS) is 14.3. The van der Waals surface area contributed by atoms with Gasteiger partial charge >= 0.3 is 19.8 Å². The molecule has 0 aliphatic heterocycles. The Morgan fingerprint density at radius 3 is 2.02 bits per heavy atom. The highest BCUT2D eigenvalue weighted by molar-refractivity contribution is 7.47. The van der Waals surface area contributed by atoms with Gasteiger partial charge in [-0.3, -0.25) is 18.6 Å². The third kappa shape index (κ3) is 28.3. The second kappa shape index (κ2) is 34.1. The lowest BCUT2D eigenvalue weighted by Gasteiger charge is -2.20. The number of hydrogen-bond donors (Lipinski definition) is 3. The van der Waals surface area contributed by atoms with Crippen LogP contribution in [-0.4, -0.2) is 60.5 Å². The fourth-order valence-electron chi connectivity index (χ4n) is 5.97. The van der Waals surface area contributed by atoms with Crippen molar-refractivity contribution in [3.05, 3.63) is 71.3 Å². The van der Waals surface area contributed by atoms with Gasteiger partial charge in [0.05, 0.1) is 19.3 Å². The van der Waals surface area contributed by atoms with Crippen molar-refractivity contribution in [3.63, 3.8) is 0 Å². The predicted molar refractivity (Wildman–Crippen MR) is 229 cm³/mol. The molecular weight excluding hydrogens is 745 g/mol. The minimum Gasteiger partial charge on any atom is -0.466 e. The number of phosphoric acid groups is 1. The summed E-state index contributed by atoms with van der Waals surface area (Å²) >= 11 is 0. The van der Waals surface area contributed by atoms with E-state index >= 15 is 0 Å². The fraction of sp³-hybridized carbons (Fsp3) is 0.689. The number of esters is 2. The van der Waals surface area contributed by atoms with E-state index in [1.807, 2.05) is 12.2 Å². The Bertz CT molecular complexity index is 1370. The Hall–Kier alpha value is -2.79. The first kappa shape index (κ1) is 52.2. The summed E-state index contributed by atoms with van der Waals surface area (Å²) in [5, 5.41) is 10.3. The van der Waals surface area contributed by atoms with E-state index in [1.165, 1.54) is 43.2 Å². The molecule has 1 rings (SSSR count). The fourth-order valence-corrected chi connectivity index (χ4v) is 6.74. The number of furan rings is 1. The average molecular weight is 822 g/mol. The van der Waals surface area contributed by atoms with Gasteiger partial charge in [-0.05, 0) is 82.8 Å². The monoisotopic (exact) mass is 822 g/mol. The van der Waals surface area contributed by atoms with E-state index in [0.29, 0.717) is 19.3 Å². The molecule has 0 amide bonds. The van der Waals surface area contributed by atoms with E-state index in [2.05, 4.69) is 52.0 Å². The SMILES string of the molecule is CCCCC/C=C\C/C=C\C/C=C\C=C\[C@@H](O)CCCC(=O)OC[C@H](COP(=O)(O)OCCN)OC(=O)CCCCCCCCc1oc(CCCCC)c(C)c1C. The summed E-state index contributed by atoms with van der Waals surface area (Å²) in [7, 11) is -4.44. The average Bonchev–Trinajstić information content (AvgIpc) is 3.45. The second-order valence-corrected chi connectivity index (χ2v) is 16.1. The van der Waals surface area contributed by atoms with Gasteiger partial charge in [-0.25, -0.2) is 4.57 Å². The van der Waals surface area contributed by atoms with E-state index in [9.17, 15) is 24.2 Å². The van der Waals surface area contributed by atoms with Gasteiger partial charge in [-0.1, -0.05) is 114 Å². The molecule has 0 aromatic carbocycles. The van der Waals surface area contributed by atoms with Crippen molar-refractivity contribution >= 4 is 19.8 Å². The molecule has 11 nitrogen and oxygen atoms in total. The highest BCUT2D eigenvalue weighted by Gasteiger charge is 2.26. The predicted octanol–water partition coefficient (Wildman–Crippen LogP) is 10.6. The van der Waals surface area contributed by atoms with Crippen molar-refractivity contribution in [3.8, 4) is 0 Å². The van der Waals surface area contributed by atoms with E-state index < -0.39 is 38.6 Å². The first-order valence-corrected chi connectivity index (χ1v) is 23.1. The van der Waals surface area contributed by atoms with Crippen LogP contribution in [0.25, 0.3) is 0 Å². The topological polar surface area (TPSA) is 168 Å². The maximum Gasteiger partial charge on any atom is 0.472 e. The molecule has 1 heterocycles.